The molecule has 0 saturated heterocycles. The van der Waals surface area contributed by atoms with Gasteiger partial charge in [-0.1, -0.05) is 55.3 Å². The van der Waals surface area contributed by atoms with E-state index < -0.39 is 29.7 Å². The number of nitrogens with zero attached hydrogens (tertiary/aromatic N) is 2. The molecule has 1 aliphatic rings. The number of benzene rings is 3. The van der Waals surface area contributed by atoms with Crippen molar-refractivity contribution in [1.29, 1.82) is 0 Å². The number of hydrogen-bond donors (Lipinski definition) is 2. The molecule has 0 aliphatic heterocycles. The van der Waals surface area contributed by atoms with Gasteiger partial charge in [-0.3, -0.25) is 0 Å². The molecule has 2 atom stereocenters. The molecule has 2 unspecified atom stereocenters. The van der Waals surface area contributed by atoms with Crippen LogP contribution in [0.4, 0.5) is 18.9 Å². The fourth-order valence-corrected chi connectivity index (χ4v) is 5.75. The Kier molecular flexibility index (Phi) is 5.96. The summed E-state index contributed by atoms with van der Waals surface area (Å²) in [6.45, 7) is 5.30. The maximum absolute atomic E-state index is 14.6. The first-order chi connectivity index (χ1) is 17.4. The van der Waals surface area contributed by atoms with E-state index in [0.717, 1.165) is 16.8 Å². The summed E-state index contributed by atoms with van der Waals surface area (Å²) in [4.78, 5) is 0. The van der Waals surface area contributed by atoms with Gasteiger partial charge >= 0.3 is 6.18 Å². The highest BCUT2D eigenvalue weighted by Gasteiger charge is 2.64. The van der Waals surface area contributed by atoms with Gasteiger partial charge < -0.3 is 15.2 Å². The fourth-order valence-electron chi connectivity index (χ4n) is 5.52. The van der Waals surface area contributed by atoms with Crippen LogP contribution in [-0.2, 0) is 5.41 Å². The lowest BCUT2D eigenvalue weighted by atomic mass is 9.63. The molecule has 9 heteroatoms. The molecule has 1 aromatic heterocycles. The van der Waals surface area contributed by atoms with Crippen molar-refractivity contribution in [3.05, 3.63) is 82.5 Å². The molecule has 37 heavy (non-hydrogen) atoms. The van der Waals surface area contributed by atoms with Crippen molar-refractivity contribution in [1.82, 2.24) is 9.78 Å². The Morgan fingerprint density at radius 1 is 1.11 bits per heavy atom. The second-order valence-electron chi connectivity index (χ2n) is 10.2. The Hall–Kier alpha value is -3.23. The van der Waals surface area contributed by atoms with Crippen molar-refractivity contribution in [2.24, 2.45) is 0 Å². The Labute approximate surface area is 217 Å². The number of anilines is 1. The van der Waals surface area contributed by atoms with Gasteiger partial charge in [0.25, 0.3) is 0 Å². The Morgan fingerprint density at radius 3 is 2.46 bits per heavy atom. The number of aromatic nitrogens is 2. The summed E-state index contributed by atoms with van der Waals surface area (Å²) in [5.74, 6) is 0.311. The third-order valence-corrected chi connectivity index (χ3v) is 7.50. The average molecular weight is 530 g/mol. The summed E-state index contributed by atoms with van der Waals surface area (Å²) < 4.78 is 51.0. The first-order valence-electron chi connectivity index (χ1n) is 11.8. The van der Waals surface area contributed by atoms with Crippen LogP contribution in [-0.4, -0.2) is 33.8 Å². The van der Waals surface area contributed by atoms with Crippen LogP contribution < -0.4 is 10.1 Å². The van der Waals surface area contributed by atoms with Crippen molar-refractivity contribution >= 4 is 28.2 Å². The highest BCUT2D eigenvalue weighted by Crippen LogP contribution is 2.57. The molecule has 3 aromatic carbocycles. The molecule has 1 aliphatic carbocycles. The molecule has 0 fully saturated rings. The molecule has 0 spiro atoms. The maximum atomic E-state index is 14.6. The van der Waals surface area contributed by atoms with Crippen LogP contribution in [0.3, 0.4) is 0 Å². The van der Waals surface area contributed by atoms with E-state index in [9.17, 15) is 18.3 Å². The summed E-state index contributed by atoms with van der Waals surface area (Å²) in [5, 5.41) is 19.8. The summed E-state index contributed by atoms with van der Waals surface area (Å²) in [7, 11) is 1.44. The molecule has 0 saturated carbocycles. The third-order valence-electron chi connectivity index (χ3n) is 7.21. The Balaban J connectivity index is 1.68. The summed E-state index contributed by atoms with van der Waals surface area (Å²) >= 11 is 6.37. The van der Waals surface area contributed by atoms with Crippen LogP contribution in [0.2, 0.25) is 5.02 Å². The van der Waals surface area contributed by atoms with E-state index in [-0.39, 0.29) is 5.56 Å². The molecule has 194 valence electrons. The van der Waals surface area contributed by atoms with Crippen molar-refractivity contribution in [2.45, 2.75) is 50.4 Å². The number of fused-ring (bicyclic) bond motifs is 2. The minimum absolute atomic E-state index is 0.278. The number of rotatable bonds is 4. The molecule has 0 bridgehead atoms. The predicted octanol–water partition coefficient (Wildman–Crippen LogP) is 7.12. The quantitative estimate of drug-likeness (QED) is 0.295. The Morgan fingerprint density at radius 2 is 1.81 bits per heavy atom. The van der Waals surface area contributed by atoms with Gasteiger partial charge in [0.1, 0.15) is 5.75 Å². The van der Waals surface area contributed by atoms with E-state index in [1.54, 1.807) is 36.9 Å². The Bertz CT molecular complexity index is 1480. The zero-order valence-corrected chi connectivity index (χ0v) is 21.6. The minimum Gasteiger partial charge on any atom is -0.495 e. The van der Waals surface area contributed by atoms with Gasteiger partial charge in [-0.25, -0.2) is 4.68 Å². The summed E-state index contributed by atoms with van der Waals surface area (Å²) in [6, 6.07) is 14.6. The molecular formula is C28H27ClF3N3O2. The number of halogens is 4. The monoisotopic (exact) mass is 529 g/mol. The largest absolute Gasteiger partial charge is 0.495 e. The van der Waals surface area contributed by atoms with Gasteiger partial charge in [-0.15, -0.1) is 0 Å². The fraction of sp³-hybridized carbons (Fsp3) is 0.321. The summed E-state index contributed by atoms with van der Waals surface area (Å²) in [5.41, 5.74) is -0.250. The van der Waals surface area contributed by atoms with E-state index in [1.165, 1.54) is 19.2 Å². The first-order valence-corrected chi connectivity index (χ1v) is 12.2. The van der Waals surface area contributed by atoms with Gasteiger partial charge in [-0.2, -0.15) is 18.3 Å². The predicted molar refractivity (Wildman–Crippen MR) is 139 cm³/mol. The smallest absolute Gasteiger partial charge is 0.419 e. The molecule has 4 aromatic rings. The molecular weight excluding hydrogens is 503 g/mol. The van der Waals surface area contributed by atoms with Crippen LogP contribution in [0.15, 0.2) is 60.8 Å². The lowest BCUT2D eigenvalue weighted by Crippen LogP contribution is -2.58. The van der Waals surface area contributed by atoms with E-state index in [1.807, 2.05) is 37.3 Å². The van der Waals surface area contributed by atoms with Crippen LogP contribution in [0.1, 0.15) is 43.0 Å². The number of hydrogen-bond acceptors (Lipinski definition) is 4. The summed E-state index contributed by atoms with van der Waals surface area (Å²) in [6.07, 6.45) is -3.88. The number of alkyl halides is 3. The second kappa shape index (κ2) is 8.67. The molecule has 5 nitrogen and oxygen atoms in total. The van der Waals surface area contributed by atoms with E-state index >= 15 is 0 Å². The van der Waals surface area contributed by atoms with E-state index in [0.29, 0.717) is 27.4 Å². The molecule has 2 N–H and O–H groups in total. The zero-order valence-electron chi connectivity index (χ0n) is 20.8. The highest BCUT2D eigenvalue weighted by molar-refractivity contribution is 6.32. The van der Waals surface area contributed by atoms with Gasteiger partial charge in [0.05, 0.1) is 35.6 Å². The van der Waals surface area contributed by atoms with Crippen LogP contribution in [0, 0.1) is 6.92 Å². The minimum atomic E-state index is -4.91. The molecule has 0 amide bonds. The zero-order chi connectivity index (χ0) is 26.8. The van der Waals surface area contributed by atoms with Crippen molar-refractivity contribution in [3.8, 4) is 11.4 Å². The molecule has 5 rings (SSSR count). The normalized spacial score (nSPS) is 21.1. The van der Waals surface area contributed by atoms with Gasteiger partial charge in [-0.05, 0) is 54.7 Å². The standard InChI is InChI=1S/C28H27ClF3N3O2/c1-16-8-10-17(11-9-16)35-22-7-5-6-21(19(22)14-33-35)34-25-18-12-13-20(29)24(37-4)23(18)26(2,3)15-27(25,36)28(30,31)32/h5-14,25,34,36H,15H2,1-4H3. The van der Waals surface area contributed by atoms with E-state index in [2.05, 4.69) is 10.4 Å². The van der Waals surface area contributed by atoms with Crippen molar-refractivity contribution in [2.75, 3.05) is 12.4 Å². The van der Waals surface area contributed by atoms with E-state index in [4.69, 9.17) is 16.3 Å². The van der Waals surface area contributed by atoms with Gasteiger partial charge in [0, 0.05) is 16.6 Å². The lowest BCUT2D eigenvalue weighted by molar-refractivity contribution is -0.275. The number of aryl methyl sites for hydroxylation is 1. The van der Waals surface area contributed by atoms with Crippen molar-refractivity contribution in [3.63, 3.8) is 0 Å². The topological polar surface area (TPSA) is 59.3 Å². The van der Waals surface area contributed by atoms with Gasteiger partial charge in [0.2, 0.25) is 0 Å². The molecule has 1 heterocycles. The van der Waals surface area contributed by atoms with Crippen LogP contribution in [0.5, 0.6) is 5.75 Å². The average Bonchev–Trinajstić information content (AvgIpc) is 3.26. The lowest BCUT2D eigenvalue weighted by Gasteiger charge is -2.49. The van der Waals surface area contributed by atoms with Crippen LogP contribution in [0.25, 0.3) is 16.6 Å². The number of aliphatic hydroxyl groups is 1. The molecule has 0 radical (unpaired) electrons. The maximum Gasteiger partial charge on any atom is 0.419 e. The number of methoxy groups -OCH3 is 1. The van der Waals surface area contributed by atoms with Gasteiger partial charge in [0.15, 0.2) is 5.60 Å². The number of nitrogens with one attached hydrogen (secondary N) is 1. The highest BCUT2D eigenvalue weighted by atomic mass is 35.5. The SMILES string of the molecule is COc1c(Cl)ccc2c1C(C)(C)CC(O)(C(F)(F)F)C2Nc1cccc2c1cnn2-c1ccc(C)cc1. The van der Waals surface area contributed by atoms with Crippen molar-refractivity contribution < 1.29 is 23.0 Å². The second-order valence-corrected chi connectivity index (χ2v) is 10.6. The van der Waals surface area contributed by atoms with Crippen LogP contribution >= 0.6 is 11.6 Å². The third kappa shape index (κ3) is 4.03. The number of ether oxygens (including phenoxy) is 1. The first kappa shape index (κ1) is 25.4.